The first kappa shape index (κ1) is 20.8. The molecule has 10 heteroatoms. The second-order valence-electron chi connectivity index (χ2n) is 6.98. The summed E-state index contributed by atoms with van der Waals surface area (Å²) in [4.78, 5) is 21.4. The summed E-state index contributed by atoms with van der Waals surface area (Å²) in [5, 5.41) is 14.5. The summed E-state index contributed by atoms with van der Waals surface area (Å²) >= 11 is 5.19. The predicted molar refractivity (Wildman–Crippen MR) is 112 cm³/mol. The van der Waals surface area contributed by atoms with Gasteiger partial charge in [0.1, 0.15) is 5.82 Å². The molecule has 0 aliphatic heterocycles. The Bertz CT molecular complexity index is 1070. The van der Waals surface area contributed by atoms with E-state index in [0.29, 0.717) is 23.7 Å². The summed E-state index contributed by atoms with van der Waals surface area (Å²) in [6.07, 6.45) is 0.865. The maximum absolute atomic E-state index is 12.5. The van der Waals surface area contributed by atoms with Crippen molar-refractivity contribution in [1.82, 2.24) is 39.8 Å². The molecule has 3 aromatic heterocycles. The Morgan fingerprint density at radius 3 is 2.55 bits per heavy atom. The molecule has 0 aliphatic rings. The molecule has 0 unspecified atom stereocenters. The van der Waals surface area contributed by atoms with Crippen LogP contribution in [-0.2, 0) is 24.2 Å². The number of H-pyrrole nitrogens is 1. The Morgan fingerprint density at radius 1 is 1.21 bits per heavy atom. The van der Waals surface area contributed by atoms with E-state index in [4.69, 9.17) is 12.2 Å². The van der Waals surface area contributed by atoms with Crippen molar-refractivity contribution in [2.45, 2.75) is 54.0 Å². The van der Waals surface area contributed by atoms with Crippen molar-refractivity contribution in [2.24, 2.45) is 0 Å². The topological polar surface area (TPSA) is 106 Å². The standard InChI is InChI=1S/C19H26N8OS/c1-6-26-16(23-24-19(26)29)7-8-20-17(28)10-15-13(4)25-27(14(15)5)18-21-11(2)9-12(3)22-18/h9H,6-8,10H2,1-5H3,(H,20,28)(H,24,29). The molecule has 9 nitrogen and oxygen atoms in total. The third-order valence-corrected chi connectivity index (χ3v) is 5.07. The Labute approximate surface area is 174 Å². The number of nitrogens with one attached hydrogen (secondary N) is 2. The van der Waals surface area contributed by atoms with Crippen molar-refractivity contribution in [3.8, 4) is 5.95 Å². The number of rotatable bonds is 7. The quantitative estimate of drug-likeness (QED) is 0.573. The highest BCUT2D eigenvalue weighted by Crippen LogP contribution is 2.17. The van der Waals surface area contributed by atoms with Crippen molar-refractivity contribution in [1.29, 1.82) is 0 Å². The molecule has 3 heterocycles. The van der Waals surface area contributed by atoms with E-state index in [1.807, 2.05) is 45.3 Å². The zero-order valence-electron chi connectivity index (χ0n) is 17.4. The highest BCUT2D eigenvalue weighted by atomic mass is 32.1. The second-order valence-corrected chi connectivity index (χ2v) is 7.36. The van der Waals surface area contributed by atoms with E-state index >= 15 is 0 Å². The Kier molecular flexibility index (Phi) is 6.21. The molecule has 0 saturated heterocycles. The average molecular weight is 415 g/mol. The van der Waals surface area contributed by atoms with E-state index in [-0.39, 0.29) is 12.3 Å². The number of aryl methyl sites for hydroxylation is 3. The SMILES string of the molecule is CCn1c(CCNC(=O)Cc2c(C)nn(-c3nc(C)cc(C)n3)c2C)n[nH]c1=S. The first-order valence-electron chi connectivity index (χ1n) is 9.58. The van der Waals surface area contributed by atoms with Crippen LogP contribution >= 0.6 is 12.2 Å². The van der Waals surface area contributed by atoms with Gasteiger partial charge in [-0.1, -0.05) is 0 Å². The van der Waals surface area contributed by atoms with Gasteiger partial charge in [-0.2, -0.15) is 10.2 Å². The fraction of sp³-hybridized carbons (Fsp3) is 0.474. The van der Waals surface area contributed by atoms with Gasteiger partial charge in [-0.05, 0) is 52.9 Å². The molecule has 0 bridgehead atoms. The molecule has 0 aromatic carbocycles. The summed E-state index contributed by atoms with van der Waals surface area (Å²) in [5.74, 6) is 1.30. The van der Waals surface area contributed by atoms with Gasteiger partial charge in [0.15, 0.2) is 4.77 Å². The normalized spacial score (nSPS) is 11.1. The lowest BCUT2D eigenvalue weighted by Gasteiger charge is -2.07. The molecule has 0 fully saturated rings. The largest absolute Gasteiger partial charge is 0.355 e. The van der Waals surface area contributed by atoms with Crippen molar-refractivity contribution in [3.05, 3.63) is 45.0 Å². The van der Waals surface area contributed by atoms with E-state index in [1.54, 1.807) is 4.68 Å². The maximum Gasteiger partial charge on any atom is 0.251 e. The van der Waals surface area contributed by atoms with E-state index in [0.717, 1.165) is 40.7 Å². The number of aromatic amines is 1. The lowest BCUT2D eigenvalue weighted by Crippen LogP contribution is -2.28. The van der Waals surface area contributed by atoms with Crippen LogP contribution in [0.2, 0.25) is 0 Å². The summed E-state index contributed by atoms with van der Waals surface area (Å²) < 4.78 is 4.22. The van der Waals surface area contributed by atoms with Crippen LogP contribution < -0.4 is 5.32 Å². The molecular weight excluding hydrogens is 388 g/mol. The van der Waals surface area contributed by atoms with E-state index < -0.39 is 0 Å². The highest BCUT2D eigenvalue weighted by Gasteiger charge is 2.17. The minimum absolute atomic E-state index is 0.0609. The highest BCUT2D eigenvalue weighted by molar-refractivity contribution is 7.71. The molecule has 1 amide bonds. The summed E-state index contributed by atoms with van der Waals surface area (Å²) in [6, 6.07) is 1.92. The molecule has 0 spiro atoms. The number of nitrogens with zero attached hydrogens (tertiary/aromatic N) is 6. The van der Waals surface area contributed by atoms with Gasteiger partial charge in [0.25, 0.3) is 5.95 Å². The van der Waals surface area contributed by atoms with Crippen molar-refractivity contribution < 1.29 is 4.79 Å². The minimum atomic E-state index is -0.0609. The van der Waals surface area contributed by atoms with Gasteiger partial charge in [-0.3, -0.25) is 9.89 Å². The second kappa shape index (κ2) is 8.64. The van der Waals surface area contributed by atoms with Crippen LogP contribution in [0, 0.1) is 32.5 Å². The maximum atomic E-state index is 12.5. The third kappa shape index (κ3) is 4.58. The van der Waals surface area contributed by atoms with E-state index in [1.165, 1.54) is 0 Å². The fourth-order valence-corrected chi connectivity index (χ4v) is 3.61. The van der Waals surface area contributed by atoms with Gasteiger partial charge < -0.3 is 9.88 Å². The van der Waals surface area contributed by atoms with Gasteiger partial charge in [0.05, 0.1) is 12.1 Å². The van der Waals surface area contributed by atoms with Crippen molar-refractivity contribution >= 4 is 18.1 Å². The zero-order chi connectivity index (χ0) is 21.1. The molecule has 3 aromatic rings. The molecule has 154 valence electrons. The van der Waals surface area contributed by atoms with Crippen LogP contribution in [0.3, 0.4) is 0 Å². The van der Waals surface area contributed by atoms with Crippen molar-refractivity contribution in [3.63, 3.8) is 0 Å². The summed E-state index contributed by atoms with van der Waals surface area (Å²) in [6.45, 7) is 10.9. The summed E-state index contributed by atoms with van der Waals surface area (Å²) in [5.41, 5.74) is 4.32. The minimum Gasteiger partial charge on any atom is -0.355 e. The van der Waals surface area contributed by atoms with Gasteiger partial charge in [0.2, 0.25) is 5.91 Å². The Hall–Kier alpha value is -2.88. The molecular formula is C19H26N8OS. The average Bonchev–Trinajstić information content (AvgIpc) is 3.14. The lowest BCUT2D eigenvalue weighted by molar-refractivity contribution is -0.120. The monoisotopic (exact) mass is 414 g/mol. The Morgan fingerprint density at radius 2 is 1.90 bits per heavy atom. The van der Waals surface area contributed by atoms with Crippen molar-refractivity contribution in [2.75, 3.05) is 6.54 Å². The van der Waals surface area contributed by atoms with Gasteiger partial charge in [-0.25, -0.2) is 14.6 Å². The molecule has 2 N–H and O–H groups in total. The zero-order valence-corrected chi connectivity index (χ0v) is 18.2. The van der Waals surface area contributed by atoms with Gasteiger partial charge in [-0.15, -0.1) is 0 Å². The first-order chi connectivity index (χ1) is 13.8. The van der Waals surface area contributed by atoms with Crippen LogP contribution in [0.15, 0.2) is 6.07 Å². The molecule has 0 saturated carbocycles. The van der Waals surface area contributed by atoms with Gasteiger partial charge >= 0.3 is 0 Å². The smallest absolute Gasteiger partial charge is 0.251 e. The third-order valence-electron chi connectivity index (χ3n) is 4.76. The number of carbonyl (C=O) groups excluding carboxylic acids is 1. The van der Waals surface area contributed by atoms with Crippen LogP contribution in [-0.4, -0.2) is 47.0 Å². The van der Waals surface area contributed by atoms with Crippen LogP contribution in [0.25, 0.3) is 5.95 Å². The molecule has 29 heavy (non-hydrogen) atoms. The van der Waals surface area contributed by atoms with Gasteiger partial charge in [0, 0.05) is 42.2 Å². The number of amides is 1. The van der Waals surface area contributed by atoms with Crippen LogP contribution in [0.1, 0.15) is 41.1 Å². The summed E-state index contributed by atoms with van der Waals surface area (Å²) in [7, 11) is 0. The lowest BCUT2D eigenvalue weighted by atomic mass is 10.1. The number of hydrogen-bond acceptors (Lipinski definition) is 6. The predicted octanol–water partition coefficient (Wildman–Crippen LogP) is 2.07. The van der Waals surface area contributed by atoms with E-state index in [2.05, 4.69) is 30.6 Å². The molecule has 0 aliphatic carbocycles. The Balaban J connectivity index is 1.67. The van der Waals surface area contributed by atoms with Crippen LogP contribution in [0.5, 0.6) is 0 Å². The van der Waals surface area contributed by atoms with E-state index in [9.17, 15) is 4.79 Å². The number of aromatic nitrogens is 7. The molecule has 0 atom stereocenters. The first-order valence-corrected chi connectivity index (χ1v) is 9.99. The number of carbonyl (C=O) groups is 1. The fourth-order valence-electron chi connectivity index (χ4n) is 3.33. The molecule has 3 rings (SSSR count). The molecule has 0 radical (unpaired) electrons. The van der Waals surface area contributed by atoms with Crippen LogP contribution in [0.4, 0.5) is 0 Å². The number of hydrogen-bond donors (Lipinski definition) is 2.